The van der Waals surface area contributed by atoms with Gasteiger partial charge in [0.25, 0.3) is 0 Å². The van der Waals surface area contributed by atoms with E-state index in [0.717, 1.165) is 12.5 Å². The molecule has 0 aliphatic rings. The molecule has 1 N–H and O–H groups in total. The van der Waals surface area contributed by atoms with Crippen molar-refractivity contribution < 1.29 is 17.9 Å². The van der Waals surface area contributed by atoms with E-state index in [9.17, 15) is 13.2 Å². The molecule has 0 amide bonds. The van der Waals surface area contributed by atoms with E-state index in [2.05, 4.69) is 10.3 Å². The molecule has 1 aromatic rings. The van der Waals surface area contributed by atoms with Crippen molar-refractivity contribution in [3.8, 4) is 0 Å². The molecule has 114 valence electrons. The summed E-state index contributed by atoms with van der Waals surface area (Å²) in [6.45, 7) is 5.47. The summed E-state index contributed by atoms with van der Waals surface area (Å²) in [4.78, 5) is 3.84. The van der Waals surface area contributed by atoms with E-state index in [1.54, 1.807) is 0 Å². The fourth-order valence-corrected chi connectivity index (χ4v) is 1.97. The van der Waals surface area contributed by atoms with Gasteiger partial charge in [0.1, 0.15) is 0 Å². The minimum Gasteiger partial charge on any atom is -0.382 e. The first kappa shape index (κ1) is 16.9. The van der Waals surface area contributed by atoms with Crippen LogP contribution >= 0.6 is 0 Å². The minimum atomic E-state index is -4.37. The number of hydrogen-bond acceptors (Lipinski definition) is 3. The van der Waals surface area contributed by atoms with Gasteiger partial charge in [-0.05, 0) is 37.9 Å². The highest BCUT2D eigenvalue weighted by Gasteiger charge is 2.35. The summed E-state index contributed by atoms with van der Waals surface area (Å²) in [6.07, 6.45) is -0.556. The van der Waals surface area contributed by atoms with Crippen LogP contribution in [-0.2, 0) is 10.9 Å². The van der Waals surface area contributed by atoms with Crippen LogP contribution in [0.4, 0.5) is 13.2 Å². The second-order valence-electron chi connectivity index (χ2n) is 4.45. The van der Waals surface area contributed by atoms with Crippen molar-refractivity contribution in [3.05, 3.63) is 29.6 Å². The maximum absolute atomic E-state index is 13.0. The Hall–Kier alpha value is -1.14. The van der Waals surface area contributed by atoms with Crippen LogP contribution in [0.5, 0.6) is 0 Å². The average molecular weight is 290 g/mol. The third kappa shape index (κ3) is 5.09. The predicted molar refractivity (Wildman–Crippen MR) is 71.4 cm³/mol. The molecule has 20 heavy (non-hydrogen) atoms. The molecule has 0 radical (unpaired) electrons. The quantitative estimate of drug-likeness (QED) is 0.743. The summed E-state index contributed by atoms with van der Waals surface area (Å²) in [6, 6.07) is 0.628. The van der Waals surface area contributed by atoms with Gasteiger partial charge in [-0.3, -0.25) is 4.98 Å². The maximum Gasteiger partial charge on any atom is 0.416 e. The number of alkyl halides is 3. The van der Waals surface area contributed by atoms with Crippen LogP contribution in [0.2, 0.25) is 0 Å². The number of hydrogen-bond donors (Lipinski definition) is 1. The van der Waals surface area contributed by atoms with E-state index in [1.165, 1.54) is 12.4 Å². The molecule has 0 saturated heterocycles. The molecule has 1 unspecified atom stereocenters. The molecule has 0 spiro atoms. The highest BCUT2D eigenvalue weighted by atomic mass is 19.4. The standard InChI is InChI=1S/C14H21F3N2O/c1-3-7-19-13(6-9-20-4-2)11-10-18-8-5-12(11)14(15,16)17/h5,8,10,13,19H,3-4,6-7,9H2,1-2H3. The molecule has 0 aliphatic carbocycles. The SMILES string of the molecule is CCCNC(CCOCC)c1cnccc1C(F)(F)F. The lowest BCUT2D eigenvalue weighted by Crippen LogP contribution is -2.26. The van der Waals surface area contributed by atoms with E-state index in [4.69, 9.17) is 4.74 Å². The number of nitrogens with one attached hydrogen (secondary N) is 1. The van der Waals surface area contributed by atoms with Crippen LogP contribution in [0.1, 0.15) is 43.9 Å². The average Bonchev–Trinajstić information content (AvgIpc) is 2.42. The zero-order valence-corrected chi connectivity index (χ0v) is 11.8. The smallest absolute Gasteiger partial charge is 0.382 e. The van der Waals surface area contributed by atoms with Crippen LogP contribution in [-0.4, -0.2) is 24.7 Å². The van der Waals surface area contributed by atoms with E-state index >= 15 is 0 Å². The van der Waals surface area contributed by atoms with Crippen LogP contribution in [0, 0.1) is 0 Å². The number of ether oxygens (including phenoxy) is 1. The largest absolute Gasteiger partial charge is 0.416 e. The number of pyridine rings is 1. The van der Waals surface area contributed by atoms with E-state index in [0.29, 0.717) is 26.2 Å². The Morgan fingerprint density at radius 3 is 2.70 bits per heavy atom. The van der Waals surface area contributed by atoms with Crippen molar-refractivity contribution in [1.82, 2.24) is 10.3 Å². The van der Waals surface area contributed by atoms with Gasteiger partial charge in [-0.25, -0.2) is 0 Å². The molecule has 0 aromatic carbocycles. The Bertz CT molecular complexity index is 396. The molecule has 3 nitrogen and oxygen atoms in total. The lowest BCUT2D eigenvalue weighted by atomic mass is 10.00. The molecule has 1 aromatic heterocycles. The second kappa shape index (κ2) is 8.21. The van der Waals surface area contributed by atoms with Gasteiger partial charge in [0.05, 0.1) is 5.56 Å². The Labute approximate surface area is 117 Å². The molecular formula is C14H21F3N2O. The third-order valence-corrected chi connectivity index (χ3v) is 2.93. The molecule has 0 fully saturated rings. The van der Waals surface area contributed by atoms with E-state index in [-0.39, 0.29) is 5.56 Å². The summed E-state index contributed by atoms with van der Waals surface area (Å²) in [5, 5.41) is 3.14. The van der Waals surface area contributed by atoms with Gasteiger partial charge in [-0.15, -0.1) is 0 Å². The zero-order chi connectivity index (χ0) is 15.0. The molecule has 1 rings (SSSR count). The highest BCUT2D eigenvalue weighted by molar-refractivity contribution is 5.29. The van der Waals surface area contributed by atoms with Crippen LogP contribution in [0.3, 0.4) is 0 Å². The summed E-state index contributed by atoms with van der Waals surface area (Å²) < 4.78 is 44.3. The molecule has 6 heteroatoms. The Kier molecular flexibility index (Phi) is 6.95. The van der Waals surface area contributed by atoms with Crippen molar-refractivity contribution in [2.24, 2.45) is 0 Å². The summed E-state index contributed by atoms with van der Waals surface area (Å²) in [7, 11) is 0. The van der Waals surface area contributed by atoms with E-state index < -0.39 is 17.8 Å². The van der Waals surface area contributed by atoms with Crippen LogP contribution in [0.25, 0.3) is 0 Å². The van der Waals surface area contributed by atoms with Crippen molar-refractivity contribution in [1.29, 1.82) is 0 Å². The zero-order valence-electron chi connectivity index (χ0n) is 11.8. The normalized spacial score (nSPS) is 13.4. The Balaban J connectivity index is 2.94. The van der Waals surface area contributed by atoms with Crippen molar-refractivity contribution in [2.75, 3.05) is 19.8 Å². The molecule has 0 saturated carbocycles. The Morgan fingerprint density at radius 1 is 1.35 bits per heavy atom. The lowest BCUT2D eigenvalue weighted by Gasteiger charge is -2.22. The van der Waals surface area contributed by atoms with Gasteiger partial charge in [0.2, 0.25) is 0 Å². The first-order valence-corrected chi connectivity index (χ1v) is 6.82. The van der Waals surface area contributed by atoms with Gasteiger partial charge >= 0.3 is 6.18 Å². The summed E-state index contributed by atoms with van der Waals surface area (Å²) in [5.41, 5.74) is -0.439. The van der Waals surface area contributed by atoms with E-state index in [1.807, 2.05) is 13.8 Å². The number of rotatable bonds is 8. The molecule has 0 aliphatic heterocycles. The van der Waals surface area contributed by atoms with Crippen molar-refractivity contribution >= 4 is 0 Å². The Morgan fingerprint density at radius 2 is 2.10 bits per heavy atom. The maximum atomic E-state index is 13.0. The highest BCUT2D eigenvalue weighted by Crippen LogP contribution is 2.34. The predicted octanol–water partition coefficient (Wildman–Crippen LogP) is 3.57. The van der Waals surface area contributed by atoms with Crippen LogP contribution in [0.15, 0.2) is 18.5 Å². The number of nitrogens with zero attached hydrogens (tertiary/aromatic N) is 1. The molecule has 1 heterocycles. The fourth-order valence-electron chi connectivity index (χ4n) is 1.97. The van der Waals surface area contributed by atoms with Gasteiger partial charge in [-0.1, -0.05) is 6.92 Å². The van der Waals surface area contributed by atoms with Gasteiger partial charge < -0.3 is 10.1 Å². The topological polar surface area (TPSA) is 34.1 Å². The third-order valence-electron chi connectivity index (χ3n) is 2.93. The molecule has 0 bridgehead atoms. The second-order valence-corrected chi connectivity index (χ2v) is 4.45. The minimum absolute atomic E-state index is 0.188. The summed E-state index contributed by atoms with van der Waals surface area (Å²) >= 11 is 0. The first-order valence-electron chi connectivity index (χ1n) is 6.82. The summed E-state index contributed by atoms with van der Waals surface area (Å²) in [5.74, 6) is 0. The molecule has 1 atom stereocenters. The van der Waals surface area contributed by atoms with Gasteiger partial charge in [0.15, 0.2) is 0 Å². The van der Waals surface area contributed by atoms with Gasteiger partial charge in [0, 0.05) is 31.6 Å². The van der Waals surface area contributed by atoms with Gasteiger partial charge in [-0.2, -0.15) is 13.2 Å². The lowest BCUT2D eigenvalue weighted by molar-refractivity contribution is -0.138. The molecular weight excluding hydrogens is 269 g/mol. The van der Waals surface area contributed by atoms with Crippen molar-refractivity contribution in [2.45, 2.75) is 38.9 Å². The number of aromatic nitrogens is 1. The monoisotopic (exact) mass is 290 g/mol. The number of halogens is 3. The fraction of sp³-hybridized carbons (Fsp3) is 0.643. The first-order chi connectivity index (χ1) is 9.50. The van der Waals surface area contributed by atoms with Crippen molar-refractivity contribution in [3.63, 3.8) is 0 Å². The van der Waals surface area contributed by atoms with Crippen LogP contribution < -0.4 is 5.32 Å².